The molecule has 0 fully saturated rings. The molecule has 0 saturated heterocycles. The van der Waals surface area contributed by atoms with E-state index in [1.807, 2.05) is 0 Å². The third kappa shape index (κ3) is 4.16. The van der Waals surface area contributed by atoms with Gasteiger partial charge in [0, 0.05) is 17.6 Å². The van der Waals surface area contributed by atoms with E-state index in [9.17, 15) is 9.18 Å². The zero-order valence-electron chi connectivity index (χ0n) is 8.46. The van der Waals surface area contributed by atoms with Gasteiger partial charge in [-0.2, -0.15) is 0 Å². The zero-order chi connectivity index (χ0) is 12.0. The summed E-state index contributed by atoms with van der Waals surface area (Å²) in [5.74, 6) is -0.351. The minimum Gasteiger partial charge on any atom is -0.395 e. The van der Waals surface area contributed by atoms with E-state index in [0.717, 1.165) is 4.47 Å². The maximum atomic E-state index is 12.9. The van der Waals surface area contributed by atoms with Crippen molar-refractivity contribution >= 4 is 22.0 Å². The molecule has 16 heavy (non-hydrogen) atoms. The number of amides is 2. The van der Waals surface area contributed by atoms with Crippen LogP contribution in [-0.2, 0) is 6.54 Å². The number of carbonyl (C=O) groups excluding carboxylic acids is 1. The molecule has 0 atom stereocenters. The summed E-state index contributed by atoms with van der Waals surface area (Å²) < 4.78 is 13.6. The summed E-state index contributed by atoms with van der Waals surface area (Å²) >= 11 is 3.25. The molecule has 1 rings (SSSR count). The maximum absolute atomic E-state index is 12.9. The van der Waals surface area contributed by atoms with E-state index >= 15 is 0 Å². The van der Waals surface area contributed by atoms with Gasteiger partial charge in [-0.05, 0) is 23.8 Å². The number of halogens is 2. The average molecular weight is 291 g/mol. The lowest BCUT2D eigenvalue weighted by Gasteiger charge is -2.08. The van der Waals surface area contributed by atoms with Crippen LogP contribution in [0.15, 0.2) is 22.7 Å². The molecule has 0 aliphatic heterocycles. The Kier molecular flexibility index (Phi) is 5.21. The van der Waals surface area contributed by atoms with E-state index in [2.05, 4.69) is 26.6 Å². The first-order chi connectivity index (χ1) is 7.63. The molecule has 0 unspecified atom stereocenters. The first kappa shape index (κ1) is 12.9. The Bertz CT molecular complexity index is 374. The van der Waals surface area contributed by atoms with Crippen molar-refractivity contribution in [3.63, 3.8) is 0 Å². The minimum absolute atomic E-state index is 0.114. The van der Waals surface area contributed by atoms with Crippen molar-refractivity contribution < 1.29 is 14.3 Å². The molecule has 3 N–H and O–H groups in total. The molecule has 88 valence electrons. The second-order valence-electron chi connectivity index (χ2n) is 3.07. The van der Waals surface area contributed by atoms with Crippen molar-refractivity contribution in [2.45, 2.75) is 6.54 Å². The summed E-state index contributed by atoms with van der Waals surface area (Å²) in [6.07, 6.45) is 0. The molecule has 2 amide bonds. The monoisotopic (exact) mass is 290 g/mol. The van der Waals surface area contributed by atoms with Crippen LogP contribution >= 0.6 is 15.9 Å². The standard InChI is InChI=1S/C10H12BrFN2O2/c11-9-2-1-8(12)5-7(9)6-14-10(16)13-3-4-15/h1-2,5,15H,3-4,6H2,(H2,13,14,16). The molecule has 0 saturated carbocycles. The number of rotatable bonds is 4. The van der Waals surface area contributed by atoms with Crippen LogP contribution in [0.3, 0.4) is 0 Å². The van der Waals surface area contributed by atoms with Crippen LogP contribution in [0.5, 0.6) is 0 Å². The van der Waals surface area contributed by atoms with Crippen LogP contribution in [0.4, 0.5) is 9.18 Å². The number of hydrogen-bond acceptors (Lipinski definition) is 2. The van der Waals surface area contributed by atoms with Gasteiger partial charge in [-0.3, -0.25) is 0 Å². The molecule has 0 aliphatic carbocycles. The maximum Gasteiger partial charge on any atom is 0.315 e. The second-order valence-corrected chi connectivity index (χ2v) is 3.92. The normalized spacial score (nSPS) is 9.94. The number of hydrogen-bond donors (Lipinski definition) is 3. The van der Waals surface area contributed by atoms with E-state index < -0.39 is 6.03 Å². The Morgan fingerprint density at radius 2 is 2.19 bits per heavy atom. The molecule has 6 heteroatoms. The van der Waals surface area contributed by atoms with Crippen molar-refractivity contribution in [1.82, 2.24) is 10.6 Å². The number of nitrogens with one attached hydrogen (secondary N) is 2. The van der Waals surface area contributed by atoms with Gasteiger partial charge in [-0.1, -0.05) is 15.9 Å². The van der Waals surface area contributed by atoms with E-state index in [1.54, 1.807) is 6.07 Å². The second kappa shape index (κ2) is 6.44. The summed E-state index contributed by atoms with van der Waals surface area (Å²) in [4.78, 5) is 11.1. The zero-order valence-corrected chi connectivity index (χ0v) is 10.1. The third-order valence-electron chi connectivity index (χ3n) is 1.84. The Labute approximate surface area is 101 Å². The van der Waals surface area contributed by atoms with Crippen LogP contribution in [0.25, 0.3) is 0 Å². The number of aliphatic hydroxyl groups is 1. The Morgan fingerprint density at radius 3 is 2.88 bits per heavy atom. The van der Waals surface area contributed by atoms with Gasteiger partial charge in [-0.25, -0.2) is 9.18 Å². The lowest BCUT2D eigenvalue weighted by Crippen LogP contribution is -2.36. The van der Waals surface area contributed by atoms with E-state index in [-0.39, 0.29) is 25.5 Å². The Balaban J connectivity index is 2.47. The number of benzene rings is 1. The van der Waals surface area contributed by atoms with E-state index in [0.29, 0.717) is 5.56 Å². The molecule has 0 aliphatic rings. The number of aliphatic hydroxyl groups excluding tert-OH is 1. The fourth-order valence-corrected chi connectivity index (χ4v) is 1.47. The fraction of sp³-hybridized carbons (Fsp3) is 0.300. The summed E-state index contributed by atoms with van der Waals surface area (Å²) in [6.45, 7) is 0.294. The van der Waals surface area contributed by atoms with Crippen LogP contribution in [-0.4, -0.2) is 24.3 Å². The summed E-state index contributed by atoms with van der Waals surface area (Å²) in [5, 5.41) is 13.5. The van der Waals surface area contributed by atoms with Crippen LogP contribution < -0.4 is 10.6 Å². The highest BCUT2D eigenvalue weighted by atomic mass is 79.9. The average Bonchev–Trinajstić information content (AvgIpc) is 2.27. The van der Waals surface area contributed by atoms with E-state index in [1.165, 1.54) is 12.1 Å². The van der Waals surface area contributed by atoms with Crippen LogP contribution in [0.2, 0.25) is 0 Å². The SMILES string of the molecule is O=C(NCCO)NCc1cc(F)ccc1Br. The molecule has 0 bridgehead atoms. The molecule has 1 aromatic carbocycles. The topological polar surface area (TPSA) is 61.4 Å². The highest BCUT2D eigenvalue weighted by Crippen LogP contribution is 2.17. The van der Waals surface area contributed by atoms with Gasteiger partial charge in [0.15, 0.2) is 0 Å². The predicted octanol–water partition coefficient (Wildman–Crippen LogP) is 1.38. The highest BCUT2D eigenvalue weighted by molar-refractivity contribution is 9.10. The summed E-state index contributed by atoms with van der Waals surface area (Å²) in [7, 11) is 0. The van der Waals surface area contributed by atoms with E-state index in [4.69, 9.17) is 5.11 Å². The highest BCUT2D eigenvalue weighted by Gasteiger charge is 2.04. The molecule has 0 heterocycles. The smallest absolute Gasteiger partial charge is 0.315 e. The number of urea groups is 1. The molecule has 0 spiro atoms. The van der Waals surface area contributed by atoms with Gasteiger partial charge in [0.05, 0.1) is 6.61 Å². The van der Waals surface area contributed by atoms with Crippen molar-refractivity contribution in [1.29, 1.82) is 0 Å². The molecule has 4 nitrogen and oxygen atoms in total. The van der Waals surface area contributed by atoms with Gasteiger partial charge in [0.25, 0.3) is 0 Å². The lowest BCUT2D eigenvalue weighted by atomic mass is 10.2. The Morgan fingerprint density at radius 1 is 1.44 bits per heavy atom. The molecular formula is C10H12BrFN2O2. The molecular weight excluding hydrogens is 279 g/mol. The van der Waals surface area contributed by atoms with Gasteiger partial charge in [0.2, 0.25) is 0 Å². The van der Waals surface area contributed by atoms with Gasteiger partial charge >= 0.3 is 6.03 Å². The quantitative estimate of drug-likeness (QED) is 0.785. The molecule has 1 aromatic rings. The lowest BCUT2D eigenvalue weighted by molar-refractivity contribution is 0.234. The first-order valence-electron chi connectivity index (χ1n) is 4.70. The third-order valence-corrected chi connectivity index (χ3v) is 2.62. The minimum atomic E-state index is -0.398. The molecule has 0 aromatic heterocycles. The van der Waals surface area contributed by atoms with Gasteiger partial charge < -0.3 is 15.7 Å². The largest absolute Gasteiger partial charge is 0.395 e. The summed E-state index contributed by atoms with van der Waals surface area (Å²) in [6, 6.07) is 3.86. The van der Waals surface area contributed by atoms with Crippen molar-refractivity contribution in [2.24, 2.45) is 0 Å². The predicted molar refractivity (Wildman–Crippen MR) is 61.4 cm³/mol. The fourth-order valence-electron chi connectivity index (χ4n) is 1.09. The van der Waals surface area contributed by atoms with Crippen molar-refractivity contribution in [3.8, 4) is 0 Å². The van der Waals surface area contributed by atoms with Gasteiger partial charge in [-0.15, -0.1) is 0 Å². The van der Waals surface area contributed by atoms with Crippen molar-refractivity contribution in [3.05, 3.63) is 34.1 Å². The van der Waals surface area contributed by atoms with Gasteiger partial charge in [0.1, 0.15) is 5.82 Å². The number of carbonyl (C=O) groups is 1. The Hall–Kier alpha value is -1.14. The van der Waals surface area contributed by atoms with Crippen LogP contribution in [0, 0.1) is 5.82 Å². The first-order valence-corrected chi connectivity index (χ1v) is 5.49. The molecule has 0 radical (unpaired) electrons. The van der Waals surface area contributed by atoms with Crippen molar-refractivity contribution in [2.75, 3.05) is 13.2 Å². The van der Waals surface area contributed by atoms with Crippen LogP contribution in [0.1, 0.15) is 5.56 Å². The summed E-state index contributed by atoms with van der Waals surface area (Å²) in [5.41, 5.74) is 0.652.